The van der Waals surface area contributed by atoms with Crippen LogP contribution in [0.2, 0.25) is 0 Å². The third kappa shape index (κ3) is 2.00. The molecule has 2 heterocycles. The maximum Gasteiger partial charge on any atom is 0.233 e. The van der Waals surface area contributed by atoms with Crippen LogP contribution in [0.3, 0.4) is 0 Å². The zero-order valence-electron chi connectivity index (χ0n) is 13.3. The number of benzene rings is 1. The van der Waals surface area contributed by atoms with Gasteiger partial charge in [0.15, 0.2) is 0 Å². The number of aliphatic hydroxyl groups is 1. The molecule has 4 N–H and O–H groups in total. The minimum Gasteiger partial charge on any atom is -0.393 e. The van der Waals surface area contributed by atoms with E-state index in [-0.39, 0.29) is 18.1 Å². The van der Waals surface area contributed by atoms with Crippen LogP contribution in [0.15, 0.2) is 24.3 Å². The summed E-state index contributed by atoms with van der Waals surface area (Å²) in [4.78, 5) is 13.0. The van der Waals surface area contributed by atoms with Crippen LogP contribution in [0.5, 0.6) is 0 Å². The largest absolute Gasteiger partial charge is 0.393 e. The van der Waals surface area contributed by atoms with Crippen LogP contribution >= 0.6 is 0 Å². The van der Waals surface area contributed by atoms with Gasteiger partial charge in [-0.05, 0) is 62.8 Å². The lowest BCUT2D eigenvalue weighted by Gasteiger charge is -2.49. The van der Waals surface area contributed by atoms with E-state index in [0.29, 0.717) is 19.4 Å². The van der Waals surface area contributed by atoms with Gasteiger partial charge in [0.05, 0.1) is 23.2 Å². The van der Waals surface area contributed by atoms with Gasteiger partial charge in [-0.15, -0.1) is 0 Å². The van der Waals surface area contributed by atoms with Gasteiger partial charge < -0.3 is 20.9 Å². The molecule has 1 aromatic rings. The second-order valence-electron chi connectivity index (χ2n) is 7.42. The molecular weight excluding hydrogens is 292 g/mol. The molecule has 4 fully saturated rings. The van der Waals surface area contributed by atoms with E-state index < -0.39 is 11.0 Å². The Labute approximate surface area is 136 Å². The Morgan fingerprint density at radius 2 is 1.96 bits per heavy atom. The number of anilines is 1. The third-order valence-electron chi connectivity index (χ3n) is 6.06. The molecule has 2 aliphatic heterocycles. The van der Waals surface area contributed by atoms with E-state index in [0.717, 1.165) is 31.4 Å². The minimum absolute atomic E-state index is 0.0115. The monoisotopic (exact) mass is 316 g/mol. The van der Waals surface area contributed by atoms with Gasteiger partial charge in [-0.25, -0.2) is 0 Å². The number of hydrogen-bond donors (Lipinski definition) is 3. The Kier molecular flexibility index (Phi) is 3.31. The molecule has 2 bridgehead atoms. The van der Waals surface area contributed by atoms with Crippen molar-refractivity contribution in [2.75, 3.05) is 18.5 Å². The maximum absolute atomic E-state index is 13.0. The molecule has 0 radical (unpaired) electrons. The predicted octanol–water partition coefficient (Wildman–Crippen LogP) is 1.59. The molecule has 1 aromatic carbocycles. The summed E-state index contributed by atoms with van der Waals surface area (Å²) in [6.07, 6.45) is 5.09. The molecule has 1 amide bonds. The van der Waals surface area contributed by atoms with E-state index in [1.807, 2.05) is 24.3 Å². The molecule has 4 aliphatic rings. The average Bonchev–Trinajstić information content (AvgIpc) is 2.97. The van der Waals surface area contributed by atoms with Crippen LogP contribution in [0.25, 0.3) is 0 Å². The smallest absolute Gasteiger partial charge is 0.233 e. The quantitative estimate of drug-likeness (QED) is 0.770. The molecule has 0 atom stereocenters. The van der Waals surface area contributed by atoms with Crippen LogP contribution in [-0.4, -0.2) is 35.4 Å². The highest BCUT2D eigenvalue weighted by molar-refractivity contribution is 5.98. The van der Waals surface area contributed by atoms with Crippen molar-refractivity contribution in [3.8, 4) is 0 Å². The van der Waals surface area contributed by atoms with Crippen molar-refractivity contribution in [3.05, 3.63) is 29.8 Å². The normalized spacial score (nSPS) is 33.1. The van der Waals surface area contributed by atoms with Crippen molar-refractivity contribution in [1.82, 2.24) is 0 Å². The van der Waals surface area contributed by atoms with E-state index in [2.05, 4.69) is 5.32 Å². The number of aliphatic hydroxyl groups excluding tert-OH is 1. The van der Waals surface area contributed by atoms with Crippen molar-refractivity contribution in [3.63, 3.8) is 0 Å². The Morgan fingerprint density at radius 1 is 1.26 bits per heavy atom. The van der Waals surface area contributed by atoms with E-state index in [9.17, 15) is 9.90 Å². The van der Waals surface area contributed by atoms with E-state index in [4.69, 9.17) is 10.5 Å². The number of nitrogens with one attached hydrogen (secondary N) is 1. The molecule has 2 saturated heterocycles. The second-order valence-corrected chi connectivity index (χ2v) is 7.42. The molecule has 1 spiro atoms. The Morgan fingerprint density at radius 3 is 2.48 bits per heavy atom. The maximum atomic E-state index is 13.0. The fourth-order valence-corrected chi connectivity index (χ4v) is 4.72. The van der Waals surface area contributed by atoms with Gasteiger partial charge >= 0.3 is 0 Å². The number of rotatable bonds is 5. The number of nitrogens with two attached hydrogens (primary N) is 1. The summed E-state index contributed by atoms with van der Waals surface area (Å²) in [5, 5.41) is 12.7. The summed E-state index contributed by atoms with van der Waals surface area (Å²) in [7, 11) is 0. The standard InChI is InChI=1S/C18H24N2O3/c19-9-6-13-2-4-14(5-3-13)20-15(22)17-10-16(11-17,12-21)23-18(17)7-1-8-18/h2-5,21H,1,6-12,19H2,(H,20,22). The molecule has 5 heteroatoms. The Bertz CT molecular complexity index is 616. The van der Waals surface area contributed by atoms with Crippen molar-refractivity contribution < 1.29 is 14.6 Å². The number of carbonyl (C=O) groups excluding carboxylic acids is 1. The summed E-state index contributed by atoms with van der Waals surface area (Å²) in [6, 6.07) is 7.87. The van der Waals surface area contributed by atoms with Gasteiger partial charge in [0.2, 0.25) is 5.91 Å². The van der Waals surface area contributed by atoms with Gasteiger partial charge in [0.25, 0.3) is 0 Å². The summed E-state index contributed by atoms with van der Waals surface area (Å²) in [5.74, 6) is 0.0466. The lowest BCUT2D eigenvalue weighted by Crippen LogP contribution is -2.59. The highest BCUT2D eigenvalue weighted by atomic mass is 16.6. The lowest BCUT2D eigenvalue weighted by atomic mass is 9.51. The first-order chi connectivity index (χ1) is 11.1. The number of carbonyl (C=O) groups is 1. The summed E-state index contributed by atoms with van der Waals surface area (Å²) in [6.45, 7) is 0.634. The summed E-state index contributed by atoms with van der Waals surface area (Å²) < 4.78 is 6.18. The van der Waals surface area contributed by atoms with Crippen molar-refractivity contribution in [2.24, 2.45) is 11.1 Å². The van der Waals surface area contributed by atoms with Gasteiger partial charge in [0, 0.05) is 5.69 Å². The van der Waals surface area contributed by atoms with E-state index in [1.165, 1.54) is 5.56 Å². The molecule has 2 saturated carbocycles. The predicted molar refractivity (Wildman–Crippen MR) is 87.0 cm³/mol. The SMILES string of the molecule is NCCc1ccc(NC(=O)C23CC(CO)(C2)OC32CCC2)cc1. The number of ether oxygens (including phenoxy) is 1. The van der Waals surface area contributed by atoms with Gasteiger partial charge in [0.1, 0.15) is 0 Å². The average molecular weight is 316 g/mol. The first kappa shape index (κ1) is 15.1. The van der Waals surface area contributed by atoms with Crippen LogP contribution in [0.4, 0.5) is 5.69 Å². The van der Waals surface area contributed by atoms with Gasteiger partial charge in [-0.1, -0.05) is 12.1 Å². The third-order valence-corrected chi connectivity index (χ3v) is 6.06. The van der Waals surface area contributed by atoms with Gasteiger partial charge in [-0.3, -0.25) is 4.79 Å². The zero-order chi connectivity index (χ0) is 16.1. The Balaban J connectivity index is 1.51. The first-order valence-electron chi connectivity index (χ1n) is 8.49. The zero-order valence-corrected chi connectivity index (χ0v) is 13.3. The van der Waals surface area contributed by atoms with Crippen molar-refractivity contribution in [1.29, 1.82) is 0 Å². The van der Waals surface area contributed by atoms with E-state index >= 15 is 0 Å². The highest BCUT2D eigenvalue weighted by Crippen LogP contribution is 2.72. The number of hydrogen-bond acceptors (Lipinski definition) is 4. The summed E-state index contributed by atoms with van der Waals surface area (Å²) in [5.41, 5.74) is 6.29. The van der Waals surface area contributed by atoms with Crippen molar-refractivity contribution in [2.45, 2.75) is 49.7 Å². The molecule has 5 rings (SSSR count). The second kappa shape index (κ2) is 5.03. The Hall–Kier alpha value is -1.43. The minimum atomic E-state index is -0.470. The molecular formula is C18H24N2O3. The van der Waals surface area contributed by atoms with Crippen LogP contribution < -0.4 is 11.1 Å². The molecule has 0 unspecified atom stereocenters. The van der Waals surface area contributed by atoms with Crippen LogP contribution in [0.1, 0.15) is 37.7 Å². The van der Waals surface area contributed by atoms with Crippen LogP contribution in [0, 0.1) is 5.41 Å². The van der Waals surface area contributed by atoms with Gasteiger partial charge in [-0.2, -0.15) is 0 Å². The van der Waals surface area contributed by atoms with E-state index in [1.54, 1.807) is 0 Å². The fourth-order valence-electron chi connectivity index (χ4n) is 4.72. The number of amides is 1. The molecule has 124 valence electrons. The first-order valence-corrected chi connectivity index (χ1v) is 8.49. The molecule has 0 aromatic heterocycles. The summed E-state index contributed by atoms with van der Waals surface area (Å²) >= 11 is 0. The lowest BCUT2D eigenvalue weighted by molar-refractivity contribution is -0.141. The highest BCUT2D eigenvalue weighted by Gasteiger charge is 2.78. The molecule has 23 heavy (non-hydrogen) atoms. The molecule has 2 aliphatic carbocycles. The fraction of sp³-hybridized carbons (Fsp3) is 0.611. The molecule has 5 nitrogen and oxygen atoms in total. The van der Waals surface area contributed by atoms with Crippen LogP contribution in [-0.2, 0) is 16.0 Å². The topological polar surface area (TPSA) is 84.6 Å². The van der Waals surface area contributed by atoms with Crippen molar-refractivity contribution >= 4 is 11.6 Å².